The van der Waals surface area contributed by atoms with Crippen molar-refractivity contribution in [3.63, 3.8) is 0 Å². The summed E-state index contributed by atoms with van der Waals surface area (Å²) in [7, 11) is 0. The van der Waals surface area contributed by atoms with E-state index in [1.165, 1.54) is 148 Å². The van der Waals surface area contributed by atoms with Crippen LogP contribution in [0.15, 0.2) is 122 Å². The summed E-state index contributed by atoms with van der Waals surface area (Å²) in [5.74, 6) is -1.29. The maximum absolute atomic E-state index is 13.4. The normalized spacial score (nSPS) is 19.0. The summed E-state index contributed by atoms with van der Waals surface area (Å²) >= 11 is 0. The molecular formula is C76H129NO10. The second kappa shape index (κ2) is 62.3. The maximum Gasteiger partial charge on any atom is 0.306 e. The zero-order valence-electron chi connectivity index (χ0n) is 55.3. The number of ether oxygens (including phenoxy) is 3. The van der Waals surface area contributed by atoms with Crippen molar-refractivity contribution < 1.29 is 49.3 Å². The molecule has 87 heavy (non-hydrogen) atoms. The molecule has 1 heterocycles. The van der Waals surface area contributed by atoms with Crippen molar-refractivity contribution in [1.82, 2.24) is 5.32 Å². The molecule has 1 saturated heterocycles. The van der Waals surface area contributed by atoms with E-state index in [0.29, 0.717) is 12.8 Å². The Balaban J connectivity index is 2.61. The number of amides is 1. The molecule has 0 saturated carbocycles. The van der Waals surface area contributed by atoms with E-state index >= 15 is 0 Å². The number of carbonyl (C=O) groups excluding carboxylic acids is 2. The van der Waals surface area contributed by atoms with Gasteiger partial charge >= 0.3 is 5.97 Å². The molecule has 0 aromatic carbocycles. The molecule has 1 amide bonds. The van der Waals surface area contributed by atoms with Gasteiger partial charge in [0.1, 0.15) is 24.4 Å². The highest BCUT2D eigenvalue weighted by Crippen LogP contribution is 2.26. The van der Waals surface area contributed by atoms with E-state index in [-0.39, 0.29) is 19.4 Å². The Morgan fingerprint density at radius 2 is 0.828 bits per heavy atom. The van der Waals surface area contributed by atoms with Gasteiger partial charge in [-0.15, -0.1) is 0 Å². The minimum Gasteiger partial charge on any atom is -0.454 e. The monoisotopic (exact) mass is 1220 g/mol. The molecule has 6 N–H and O–H groups in total. The quantitative estimate of drug-likeness (QED) is 0.0195. The average molecular weight is 1220 g/mol. The van der Waals surface area contributed by atoms with Gasteiger partial charge in [-0.1, -0.05) is 296 Å². The van der Waals surface area contributed by atoms with E-state index in [9.17, 15) is 35.1 Å². The van der Waals surface area contributed by atoms with Gasteiger partial charge < -0.3 is 45.1 Å². The lowest BCUT2D eigenvalue weighted by Crippen LogP contribution is -2.61. The van der Waals surface area contributed by atoms with Gasteiger partial charge in [-0.05, 0) is 96.3 Å². The van der Waals surface area contributed by atoms with Crippen LogP contribution in [-0.2, 0) is 23.8 Å². The van der Waals surface area contributed by atoms with Gasteiger partial charge in [0, 0.05) is 12.8 Å². The van der Waals surface area contributed by atoms with Crippen LogP contribution in [0.2, 0.25) is 0 Å². The zero-order chi connectivity index (χ0) is 63.1. The van der Waals surface area contributed by atoms with Crippen LogP contribution in [0, 0.1) is 0 Å². The number of hydrogen-bond acceptors (Lipinski definition) is 10. The lowest BCUT2D eigenvalue weighted by atomic mass is 9.99. The van der Waals surface area contributed by atoms with Crippen LogP contribution in [0.1, 0.15) is 284 Å². The van der Waals surface area contributed by atoms with Gasteiger partial charge in [0.25, 0.3) is 0 Å². The number of aliphatic hydroxyl groups is 5. The molecule has 0 aromatic rings. The molecule has 11 heteroatoms. The van der Waals surface area contributed by atoms with E-state index in [1.807, 2.05) is 18.2 Å². The first-order valence-corrected chi connectivity index (χ1v) is 35.3. The third-order valence-electron chi connectivity index (χ3n) is 15.9. The first-order valence-electron chi connectivity index (χ1n) is 35.3. The Bertz CT molecular complexity index is 1880. The summed E-state index contributed by atoms with van der Waals surface area (Å²) in [6.07, 6.45) is 76.9. The maximum atomic E-state index is 13.4. The van der Waals surface area contributed by atoms with E-state index in [4.69, 9.17) is 14.2 Å². The molecule has 11 nitrogen and oxygen atoms in total. The lowest BCUT2D eigenvalue weighted by Gasteiger charge is -2.41. The van der Waals surface area contributed by atoms with Gasteiger partial charge in [0.05, 0.1) is 25.4 Å². The van der Waals surface area contributed by atoms with Crippen molar-refractivity contribution >= 4 is 11.9 Å². The molecule has 1 rings (SSSR count). The highest BCUT2D eigenvalue weighted by molar-refractivity contribution is 5.81. The van der Waals surface area contributed by atoms with Crippen LogP contribution < -0.4 is 5.32 Å². The number of unbranched alkanes of at least 4 members (excludes halogenated alkanes) is 28. The summed E-state index contributed by atoms with van der Waals surface area (Å²) in [6, 6.07) is -1.07. The van der Waals surface area contributed by atoms with Crippen molar-refractivity contribution in [2.24, 2.45) is 0 Å². The fourth-order valence-corrected chi connectivity index (χ4v) is 10.3. The Morgan fingerprint density at radius 3 is 1.26 bits per heavy atom. The summed E-state index contributed by atoms with van der Waals surface area (Å²) in [6.45, 7) is 5.62. The zero-order valence-corrected chi connectivity index (χ0v) is 55.3. The minimum atomic E-state index is -1.63. The number of hydrogen-bond donors (Lipinski definition) is 6. The fourth-order valence-electron chi connectivity index (χ4n) is 10.3. The average Bonchev–Trinajstić information content (AvgIpc) is 2.75. The predicted molar refractivity (Wildman–Crippen MR) is 365 cm³/mol. The molecule has 498 valence electrons. The highest BCUT2D eigenvalue weighted by Gasteiger charge is 2.47. The predicted octanol–water partition coefficient (Wildman–Crippen LogP) is 18.2. The van der Waals surface area contributed by atoms with E-state index in [2.05, 4.69) is 117 Å². The SMILES string of the molecule is CC/C=C\C/C=C\C/C=C\C/C=C\C/C=C\C/C=C\CC(O)C(=O)NC(COC1OC(CO)C(O)C(O)C1OC(=O)CCCCCCCCCCCCCCCC/C=C\C/C=C\C/C=C\CCCCC)C(O)/C=C/CCCCCCCCCCCCC. The lowest BCUT2D eigenvalue weighted by molar-refractivity contribution is -0.305. The molecule has 0 aromatic heterocycles. The molecule has 8 atom stereocenters. The molecule has 0 spiro atoms. The highest BCUT2D eigenvalue weighted by atomic mass is 16.7. The standard InChI is InChI=1S/C76H129NO10/c1-4-7-10-13-16-19-22-25-27-29-31-32-33-34-35-36-37-38-39-41-43-46-49-52-55-58-61-64-71(81)87-74-73(83)72(82)70(65-78)86-76(74)85-66-67(68(79)62-59-56-53-50-47-44-24-21-18-15-12-9-6-3)77-75(84)69(80)63-60-57-54-51-48-45-42-40-30-28-26-23-20-17-14-11-8-5-2/h8,11,16-17,19-20,25-28,31-32,40,42,48,51,57,59-60,62,67-70,72-74,76,78-80,82-83H,4-7,9-10,12-15,18,21-24,29-30,33-39,41,43-47,49-50,52-56,58,61,63-66H2,1-3H3,(H,77,84)/b11-8-,19-16-,20-17-,27-25-,28-26-,32-31-,42-40-,51-48-,60-57-,62-59+. The molecule has 8 unspecified atom stereocenters. The molecule has 0 bridgehead atoms. The number of rotatable bonds is 59. The van der Waals surface area contributed by atoms with Crippen molar-refractivity contribution in [3.05, 3.63) is 122 Å². The van der Waals surface area contributed by atoms with E-state index in [1.54, 1.807) is 12.2 Å². The first kappa shape index (κ1) is 81.1. The van der Waals surface area contributed by atoms with Crippen LogP contribution in [0.4, 0.5) is 0 Å². The Morgan fingerprint density at radius 1 is 0.460 bits per heavy atom. The second-order valence-electron chi connectivity index (χ2n) is 23.9. The number of nitrogens with one attached hydrogen (secondary N) is 1. The van der Waals surface area contributed by atoms with Crippen LogP contribution in [0.3, 0.4) is 0 Å². The Labute approximate surface area is 531 Å². The van der Waals surface area contributed by atoms with Crippen molar-refractivity contribution in [1.29, 1.82) is 0 Å². The molecule has 1 aliphatic heterocycles. The van der Waals surface area contributed by atoms with Crippen LogP contribution >= 0.6 is 0 Å². The van der Waals surface area contributed by atoms with Crippen molar-refractivity contribution in [2.45, 2.75) is 333 Å². The second-order valence-corrected chi connectivity index (χ2v) is 23.9. The van der Waals surface area contributed by atoms with Crippen LogP contribution in [-0.4, -0.2) is 99.6 Å². The van der Waals surface area contributed by atoms with Crippen LogP contribution in [0.5, 0.6) is 0 Å². The van der Waals surface area contributed by atoms with E-state index in [0.717, 1.165) is 89.9 Å². The first-order chi connectivity index (χ1) is 42.7. The van der Waals surface area contributed by atoms with Gasteiger partial charge in [0.2, 0.25) is 5.91 Å². The molecule has 1 fully saturated rings. The summed E-state index contributed by atoms with van der Waals surface area (Å²) < 4.78 is 17.7. The third-order valence-corrected chi connectivity index (χ3v) is 15.9. The van der Waals surface area contributed by atoms with Gasteiger partial charge in [0.15, 0.2) is 12.4 Å². The minimum absolute atomic E-state index is 0.0531. The van der Waals surface area contributed by atoms with Crippen molar-refractivity contribution in [2.75, 3.05) is 13.2 Å². The summed E-state index contributed by atoms with van der Waals surface area (Å²) in [4.78, 5) is 26.6. The molecule has 0 radical (unpaired) electrons. The smallest absolute Gasteiger partial charge is 0.306 e. The topological polar surface area (TPSA) is 175 Å². The van der Waals surface area contributed by atoms with Gasteiger partial charge in [-0.2, -0.15) is 0 Å². The fraction of sp³-hybridized carbons (Fsp3) is 0.711. The number of aliphatic hydroxyl groups excluding tert-OH is 5. The number of esters is 1. The molecule has 1 aliphatic rings. The Hall–Kier alpha value is -3.94. The van der Waals surface area contributed by atoms with Crippen molar-refractivity contribution in [3.8, 4) is 0 Å². The number of allylic oxidation sites excluding steroid dienone is 18. The van der Waals surface area contributed by atoms with Crippen LogP contribution in [0.25, 0.3) is 0 Å². The summed E-state index contributed by atoms with van der Waals surface area (Å²) in [5, 5.41) is 57.1. The van der Waals surface area contributed by atoms with Gasteiger partial charge in [-0.3, -0.25) is 9.59 Å². The third kappa shape index (κ3) is 49.5. The summed E-state index contributed by atoms with van der Waals surface area (Å²) in [5.41, 5.74) is 0. The molecular weight excluding hydrogens is 1090 g/mol. The largest absolute Gasteiger partial charge is 0.454 e. The van der Waals surface area contributed by atoms with Gasteiger partial charge in [-0.25, -0.2) is 0 Å². The number of carbonyl (C=O) groups is 2. The van der Waals surface area contributed by atoms with E-state index < -0.39 is 67.4 Å². The Kier molecular flexibility index (Phi) is 58.0. The molecule has 0 aliphatic carbocycles.